The molecule has 142 valence electrons. The summed E-state index contributed by atoms with van der Waals surface area (Å²) in [5.41, 5.74) is 7.31. The van der Waals surface area contributed by atoms with Crippen molar-refractivity contribution in [1.29, 1.82) is 0 Å². The highest BCUT2D eigenvalue weighted by Crippen LogP contribution is 2.22. The molecule has 1 saturated heterocycles. The van der Waals surface area contributed by atoms with Crippen LogP contribution in [0.15, 0.2) is 54.6 Å². The second-order valence-corrected chi connectivity index (χ2v) is 7.11. The molecule has 1 aliphatic heterocycles. The summed E-state index contributed by atoms with van der Waals surface area (Å²) in [6.45, 7) is 2.42. The Morgan fingerprint density at radius 2 is 1.85 bits per heavy atom. The average molecular weight is 366 g/mol. The first-order valence-corrected chi connectivity index (χ1v) is 9.39. The number of Topliss-reactive ketones (excluding diaryl/α,β-unsaturated/α-hetero) is 1. The SMILES string of the molecule is NC(=O)COc1cccc(CN2CCCC(C(=O)Cc3ccccc3)C2)c1. The first-order chi connectivity index (χ1) is 13.1. The van der Waals surface area contributed by atoms with E-state index in [0.717, 1.165) is 43.6 Å². The molecule has 0 aromatic heterocycles. The van der Waals surface area contributed by atoms with Crippen LogP contribution < -0.4 is 10.5 Å². The van der Waals surface area contributed by atoms with Gasteiger partial charge in [-0.25, -0.2) is 0 Å². The second kappa shape index (κ2) is 9.33. The third kappa shape index (κ3) is 5.93. The van der Waals surface area contributed by atoms with Gasteiger partial charge in [0, 0.05) is 25.4 Å². The van der Waals surface area contributed by atoms with E-state index < -0.39 is 5.91 Å². The van der Waals surface area contributed by atoms with Crippen LogP contribution in [0.4, 0.5) is 0 Å². The number of likely N-dealkylation sites (tertiary alicyclic amines) is 1. The summed E-state index contributed by atoms with van der Waals surface area (Å²) >= 11 is 0. The van der Waals surface area contributed by atoms with Gasteiger partial charge >= 0.3 is 0 Å². The number of hydrogen-bond acceptors (Lipinski definition) is 4. The van der Waals surface area contributed by atoms with Crippen molar-refractivity contribution < 1.29 is 14.3 Å². The van der Waals surface area contributed by atoms with E-state index in [-0.39, 0.29) is 12.5 Å². The first kappa shape index (κ1) is 19.1. The summed E-state index contributed by atoms with van der Waals surface area (Å²) in [6.07, 6.45) is 2.50. The normalized spacial score (nSPS) is 17.4. The molecule has 27 heavy (non-hydrogen) atoms. The van der Waals surface area contributed by atoms with Crippen molar-refractivity contribution in [1.82, 2.24) is 4.90 Å². The van der Waals surface area contributed by atoms with E-state index in [0.29, 0.717) is 18.0 Å². The molecule has 0 saturated carbocycles. The molecule has 5 nitrogen and oxygen atoms in total. The van der Waals surface area contributed by atoms with Gasteiger partial charge in [-0.15, -0.1) is 0 Å². The van der Waals surface area contributed by atoms with Crippen LogP contribution in [0.1, 0.15) is 24.0 Å². The number of carbonyl (C=O) groups excluding carboxylic acids is 2. The van der Waals surface area contributed by atoms with Crippen LogP contribution in [-0.2, 0) is 22.6 Å². The number of ketones is 1. The van der Waals surface area contributed by atoms with Crippen molar-refractivity contribution in [3.63, 3.8) is 0 Å². The van der Waals surface area contributed by atoms with E-state index in [4.69, 9.17) is 10.5 Å². The molecule has 1 aliphatic rings. The van der Waals surface area contributed by atoms with Gasteiger partial charge < -0.3 is 10.5 Å². The van der Waals surface area contributed by atoms with Crippen molar-refractivity contribution in [3.8, 4) is 5.75 Å². The fourth-order valence-corrected chi connectivity index (χ4v) is 3.55. The van der Waals surface area contributed by atoms with Crippen LogP contribution in [0, 0.1) is 5.92 Å². The van der Waals surface area contributed by atoms with Crippen molar-refractivity contribution >= 4 is 11.7 Å². The van der Waals surface area contributed by atoms with Gasteiger partial charge in [0.05, 0.1) is 0 Å². The molecule has 5 heteroatoms. The minimum absolute atomic E-state index is 0.0910. The van der Waals surface area contributed by atoms with E-state index in [2.05, 4.69) is 4.90 Å². The van der Waals surface area contributed by atoms with Gasteiger partial charge in [-0.3, -0.25) is 14.5 Å². The van der Waals surface area contributed by atoms with Crippen LogP contribution in [-0.4, -0.2) is 36.3 Å². The molecule has 0 spiro atoms. The molecule has 0 aliphatic carbocycles. The number of hydrogen-bond donors (Lipinski definition) is 1. The zero-order valence-electron chi connectivity index (χ0n) is 15.5. The minimum Gasteiger partial charge on any atom is -0.484 e. The smallest absolute Gasteiger partial charge is 0.255 e. The molecule has 3 rings (SSSR count). The summed E-state index contributed by atoms with van der Waals surface area (Å²) in [7, 11) is 0. The third-order valence-corrected chi connectivity index (χ3v) is 4.87. The van der Waals surface area contributed by atoms with Crippen LogP contribution in [0.5, 0.6) is 5.75 Å². The third-order valence-electron chi connectivity index (χ3n) is 4.87. The predicted molar refractivity (Wildman–Crippen MR) is 104 cm³/mol. The molecular formula is C22H26N2O3. The monoisotopic (exact) mass is 366 g/mol. The summed E-state index contributed by atoms with van der Waals surface area (Å²) in [6, 6.07) is 17.6. The van der Waals surface area contributed by atoms with Crippen LogP contribution in [0.2, 0.25) is 0 Å². The van der Waals surface area contributed by atoms with E-state index in [9.17, 15) is 9.59 Å². The number of carbonyl (C=O) groups is 2. The maximum absolute atomic E-state index is 12.7. The van der Waals surface area contributed by atoms with Crippen LogP contribution in [0.3, 0.4) is 0 Å². The summed E-state index contributed by atoms with van der Waals surface area (Å²) < 4.78 is 5.38. The van der Waals surface area contributed by atoms with Crippen molar-refractivity contribution in [2.24, 2.45) is 11.7 Å². The molecule has 1 heterocycles. The Labute approximate surface area is 160 Å². The number of nitrogens with zero attached hydrogens (tertiary/aromatic N) is 1. The Balaban J connectivity index is 1.56. The molecule has 2 aromatic rings. The Hall–Kier alpha value is -2.66. The summed E-state index contributed by atoms with van der Waals surface area (Å²) in [5.74, 6) is 0.564. The van der Waals surface area contributed by atoms with Gasteiger partial charge in [-0.2, -0.15) is 0 Å². The van der Waals surface area contributed by atoms with Crippen molar-refractivity contribution in [2.75, 3.05) is 19.7 Å². The van der Waals surface area contributed by atoms with Gasteiger partial charge in [0.1, 0.15) is 11.5 Å². The number of rotatable bonds is 8. The number of primary amides is 1. The molecule has 1 amide bonds. The van der Waals surface area contributed by atoms with Gasteiger partial charge in [0.2, 0.25) is 0 Å². The highest BCUT2D eigenvalue weighted by Gasteiger charge is 2.25. The van der Waals surface area contributed by atoms with E-state index in [1.807, 2.05) is 54.6 Å². The van der Waals surface area contributed by atoms with Gasteiger partial charge in [-0.1, -0.05) is 42.5 Å². The van der Waals surface area contributed by atoms with Gasteiger partial charge in [0.15, 0.2) is 6.61 Å². The number of amides is 1. The molecule has 1 unspecified atom stereocenters. The standard InChI is InChI=1S/C22H26N2O3/c23-22(26)16-27-20-10-4-8-18(12-20)14-24-11-5-9-19(15-24)21(25)13-17-6-2-1-3-7-17/h1-4,6-8,10,12,19H,5,9,11,13-16H2,(H2,23,26). The quantitative estimate of drug-likeness (QED) is 0.779. The predicted octanol–water partition coefficient (Wildman–Crippen LogP) is 2.57. The van der Waals surface area contributed by atoms with E-state index >= 15 is 0 Å². The Morgan fingerprint density at radius 1 is 1.07 bits per heavy atom. The average Bonchev–Trinajstić information content (AvgIpc) is 2.68. The van der Waals surface area contributed by atoms with E-state index in [1.54, 1.807) is 0 Å². The van der Waals surface area contributed by atoms with Crippen LogP contribution in [0.25, 0.3) is 0 Å². The lowest BCUT2D eigenvalue weighted by molar-refractivity contribution is -0.124. The molecule has 1 fully saturated rings. The lowest BCUT2D eigenvalue weighted by atomic mass is 9.90. The highest BCUT2D eigenvalue weighted by molar-refractivity contribution is 5.83. The fourth-order valence-electron chi connectivity index (χ4n) is 3.55. The molecule has 1 atom stereocenters. The van der Waals surface area contributed by atoms with Crippen molar-refractivity contribution in [2.45, 2.75) is 25.8 Å². The first-order valence-electron chi connectivity index (χ1n) is 9.39. The van der Waals surface area contributed by atoms with Crippen LogP contribution >= 0.6 is 0 Å². The molecule has 2 N–H and O–H groups in total. The summed E-state index contributed by atoms with van der Waals surface area (Å²) in [5, 5.41) is 0. The molecular weight excluding hydrogens is 340 g/mol. The zero-order valence-corrected chi connectivity index (χ0v) is 15.5. The highest BCUT2D eigenvalue weighted by atomic mass is 16.5. The zero-order chi connectivity index (χ0) is 19.1. The number of benzene rings is 2. The lowest BCUT2D eigenvalue weighted by Crippen LogP contribution is -2.38. The Morgan fingerprint density at radius 3 is 2.63 bits per heavy atom. The minimum atomic E-state index is -0.490. The largest absolute Gasteiger partial charge is 0.484 e. The van der Waals surface area contributed by atoms with Gasteiger partial charge in [0.25, 0.3) is 5.91 Å². The number of ether oxygens (including phenoxy) is 1. The summed E-state index contributed by atoms with van der Waals surface area (Å²) in [4.78, 5) is 25.9. The lowest BCUT2D eigenvalue weighted by Gasteiger charge is -2.32. The molecule has 2 aromatic carbocycles. The van der Waals surface area contributed by atoms with E-state index in [1.165, 1.54) is 0 Å². The number of nitrogens with two attached hydrogens (primary N) is 1. The number of piperidine rings is 1. The maximum atomic E-state index is 12.7. The maximum Gasteiger partial charge on any atom is 0.255 e. The molecule has 0 bridgehead atoms. The molecule has 0 radical (unpaired) electrons. The Kier molecular flexibility index (Phi) is 6.60. The van der Waals surface area contributed by atoms with Gasteiger partial charge in [-0.05, 0) is 42.6 Å². The Bertz CT molecular complexity index is 776. The fraction of sp³-hybridized carbons (Fsp3) is 0.364. The topological polar surface area (TPSA) is 72.6 Å². The second-order valence-electron chi connectivity index (χ2n) is 7.11. The van der Waals surface area contributed by atoms with Crippen molar-refractivity contribution in [3.05, 3.63) is 65.7 Å².